The summed E-state index contributed by atoms with van der Waals surface area (Å²) in [6, 6.07) is 13.4. The van der Waals surface area contributed by atoms with E-state index >= 15 is 0 Å². The highest BCUT2D eigenvalue weighted by Gasteiger charge is 2.19. The summed E-state index contributed by atoms with van der Waals surface area (Å²) in [6.45, 7) is 1.89. The monoisotopic (exact) mass is 444 g/mol. The minimum absolute atomic E-state index is 0.0556. The summed E-state index contributed by atoms with van der Waals surface area (Å²) in [6.07, 6.45) is 0. The van der Waals surface area contributed by atoms with Gasteiger partial charge in [-0.25, -0.2) is 13.6 Å². The molecule has 5 nitrogen and oxygen atoms in total. The summed E-state index contributed by atoms with van der Waals surface area (Å²) in [4.78, 5) is 14.2. The number of carbonyl (C=O) groups is 1. The maximum atomic E-state index is 12.5. The molecule has 0 aromatic heterocycles. The van der Waals surface area contributed by atoms with Crippen LogP contribution in [0.25, 0.3) is 0 Å². The van der Waals surface area contributed by atoms with Crippen molar-refractivity contribution in [1.29, 1.82) is 0 Å². The number of carbonyl (C=O) groups excluding carboxylic acids is 1. The summed E-state index contributed by atoms with van der Waals surface area (Å²) in [7, 11) is -1.99. The Kier molecular flexibility index (Phi) is 5.43. The fourth-order valence-corrected chi connectivity index (χ4v) is 3.22. The minimum Gasteiger partial charge on any atom is -0.335 e. The number of nitrogens with two attached hydrogens (primary N) is 1. The number of primary sulfonamides is 1. The summed E-state index contributed by atoms with van der Waals surface area (Å²) in [5.41, 5.74) is 1.45. The maximum absolute atomic E-state index is 12.5. The third-order valence-electron chi connectivity index (χ3n) is 3.66. The van der Waals surface area contributed by atoms with Crippen LogP contribution in [0.2, 0.25) is 0 Å². The zero-order valence-corrected chi connectivity index (χ0v) is 15.7. The molecule has 1 amide bonds. The van der Waals surface area contributed by atoms with Crippen LogP contribution < -0.4 is 5.14 Å². The molecule has 23 heavy (non-hydrogen) atoms. The SMILES string of the molecule is C[C@H](c1ccc(S(N)(=O)=O)cc1)N(C)C(=O)c1cccc(I)c1. The van der Waals surface area contributed by atoms with Gasteiger partial charge < -0.3 is 4.90 Å². The zero-order valence-electron chi connectivity index (χ0n) is 12.7. The molecule has 2 aromatic rings. The van der Waals surface area contributed by atoms with E-state index in [0.717, 1.165) is 9.13 Å². The number of halogens is 1. The lowest BCUT2D eigenvalue weighted by Crippen LogP contribution is -2.29. The number of rotatable bonds is 4. The molecule has 0 aliphatic heterocycles. The molecule has 0 bridgehead atoms. The van der Waals surface area contributed by atoms with Gasteiger partial charge in [0.25, 0.3) is 5.91 Å². The molecule has 122 valence electrons. The van der Waals surface area contributed by atoms with Gasteiger partial charge in [0.2, 0.25) is 10.0 Å². The maximum Gasteiger partial charge on any atom is 0.254 e. The number of hydrogen-bond donors (Lipinski definition) is 1. The third kappa shape index (κ3) is 4.30. The highest BCUT2D eigenvalue weighted by atomic mass is 127. The Hall–Kier alpha value is -1.45. The van der Waals surface area contributed by atoms with Crippen molar-refractivity contribution in [1.82, 2.24) is 4.90 Å². The molecule has 0 spiro atoms. The highest BCUT2D eigenvalue weighted by molar-refractivity contribution is 14.1. The average molecular weight is 444 g/mol. The molecule has 2 aromatic carbocycles. The van der Waals surface area contributed by atoms with Crippen molar-refractivity contribution in [3.63, 3.8) is 0 Å². The van der Waals surface area contributed by atoms with Crippen LogP contribution in [0.1, 0.15) is 28.9 Å². The first-order valence-electron chi connectivity index (χ1n) is 6.85. The molecule has 0 saturated heterocycles. The Bertz CT molecular complexity index is 819. The predicted octanol–water partition coefficient (Wildman–Crippen LogP) is 2.77. The summed E-state index contributed by atoms with van der Waals surface area (Å²) >= 11 is 2.16. The largest absolute Gasteiger partial charge is 0.335 e. The van der Waals surface area contributed by atoms with Gasteiger partial charge in [0, 0.05) is 16.2 Å². The molecule has 0 unspecified atom stereocenters. The molecular weight excluding hydrogens is 427 g/mol. The van der Waals surface area contributed by atoms with Crippen LogP contribution in [0.5, 0.6) is 0 Å². The topological polar surface area (TPSA) is 80.5 Å². The second-order valence-corrected chi connectivity index (χ2v) is 8.02. The summed E-state index contributed by atoms with van der Waals surface area (Å²) in [5.74, 6) is -0.0912. The van der Waals surface area contributed by atoms with E-state index in [9.17, 15) is 13.2 Å². The first-order chi connectivity index (χ1) is 10.7. The van der Waals surface area contributed by atoms with Crippen molar-refractivity contribution in [2.75, 3.05) is 7.05 Å². The number of nitrogens with zero attached hydrogens (tertiary/aromatic N) is 1. The van der Waals surface area contributed by atoms with E-state index in [1.807, 2.05) is 25.1 Å². The minimum atomic E-state index is -3.71. The molecule has 0 radical (unpaired) electrons. The number of sulfonamides is 1. The third-order valence-corrected chi connectivity index (χ3v) is 5.26. The molecule has 1 atom stereocenters. The fourth-order valence-electron chi connectivity index (χ4n) is 2.16. The molecule has 0 heterocycles. The Morgan fingerprint density at radius 1 is 1.17 bits per heavy atom. The summed E-state index contributed by atoms with van der Waals surface area (Å²) < 4.78 is 23.6. The van der Waals surface area contributed by atoms with Crippen molar-refractivity contribution in [2.45, 2.75) is 17.9 Å². The van der Waals surface area contributed by atoms with Gasteiger partial charge in [-0.1, -0.05) is 18.2 Å². The lowest BCUT2D eigenvalue weighted by atomic mass is 10.1. The van der Waals surface area contributed by atoms with E-state index in [2.05, 4.69) is 22.6 Å². The van der Waals surface area contributed by atoms with Crippen LogP contribution in [0.4, 0.5) is 0 Å². The standard InChI is InChI=1S/C16H17IN2O3S/c1-11(12-6-8-15(9-7-12)23(18,21)22)19(2)16(20)13-4-3-5-14(17)10-13/h3-11H,1-2H3,(H2,18,21,22)/t11-/m1/s1. The van der Waals surface area contributed by atoms with Crippen molar-refractivity contribution >= 4 is 38.5 Å². The average Bonchev–Trinajstić information content (AvgIpc) is 2.52. The van der Waals surface area contributed by atoms with Gasteiger partial charge in [-0.2, -0.15) is 0 Å². The quantitative estimate of drug-likeness (QED) is 0.737. The van der Waals surface area contributed by atoms with Crippen molar-refractivity contribution in [2.24, 2.45) is 5.14 Å². The molecule has 2 N–H and O–H groups in total. The Labute approximate surface area is 149 Å². The zero-order chi connectivity index (χ0) is 17.2. The van der Waals surface area contributed by atoms with E-state index in [-0.39, 0.29) is 16.8 Å². The molecule has 0 fully saturated rings. The van der Waals surface area contributed by atoms with Gasteiger partial charge in [0.15, 0.2) is 0 Å². The molecule has 2 rings (SSSR count). The molecule has 0 saturated carbocycles. The molecule has 0 aliphatic carbocycles. The summed E-state index contributed by atoms with van der Waals surface area (Å²) in [5, 5.41) is 5.09. The Morgan fingerprint density at radius 2 is 1.78 bits per heavy atom. The van der Waals surface area contributed by atoms with Gasteiger partial charge in [-0.3, -0.25) is 4.79 Å². The van der Waals surface area contributed by atoms with Crippen LogP contribution in [0.15, 0.2) is 53.4 Å². The first kappa shape index (κ1) is 17.9. The van der Waals surface area contributed by atoms with Crippen molar-refractivity contribution in [3.05, 3.63) is 63.2 Å². The van der Waals surface area contributed by atoms with Crippen LogP contribution >= 0.6 is 22.6 Å². The fraction of sp³-hybridized carbons (Fsp3) is 0.188. The molecular formula is C16H17IN2O3S. The van der Waals surface area contributed by atoms with E-state index in [1.54, 1.807) is 30.1 Å². The smallest absolute Gasteiger partial charge is 0.254 e. The lowest BCUT2D eigenvalue weighted by molar-refractivity contribution is 0.0742. The van der Waals surface area contributed by atoms with Gasteiger partial charge in [0.05, 0.1) is 10.9 Å². The van der Waals surface area contributed by atoms with E-state index in [1.165, 1.54) is 12.1 Å². The van der Waals surface area contributed by atoms with Crippen LogP contribution in [0.3, 0.4) is 0 Å². The van der Waals surface area contributed by atoms with Crippen molar-refractivity contribution in [3.8, 4) is 0 Å². The lowest BCUT2D eigenvalue weighted by Gasteiger charge is -2.25. The number of amides is 1. The Balaban J connectivity index is 2.22. The second-order valence-electron chi connectivity index (χ2n) is 5.22. The van der Waals surface area contributed by atoms with E-state index in [4.69, 9.17) is 5.14 Å². The normalized spacial score (nSPS) is 12.7. The van der Waals surface area contributed by atoms with Gasteiger partial charge in [-0.15, -0.1) is 0 Å². The predicted molar refractivity (Wildman–Crippen MR) is 97.5 cm³/mol. The van der Waals surface area contributed by atoms with Crippen LogP contribution in [-0.4, -0.2) is 26.3 Å². The highest BCUT2D eigenvalue weighted by Crippen LogP contribution is 2.22. The molecule has 7 heteroatoms. The van der Waals surface area contributed by atoms with Crippen LogP contribution in [-0.2, 0) is 10.0 Å². The number of hydrogen-bond acceptors (Lipinski definition) is 3. The first-order valence-corrected chi connectivity index (χ1v) is 9.48. The van der Waals surface area contributed by atoms with E-state index in [0.29, 0.717) is 5.56 Å². The Morgan fingerprint density at radius 3 is 2.30 bits per heavy atom. The number of benzene rings is 2. The second kappa shape index (κ2) is 6.98. The van der Waals surface area contributed by atoms with Gasteiger partial charge in [0.1, 0.15) is 0 Å². The van der Waals surface area contributed by atoms with Gasteiger partial charge >= 0.3 is 0 Å². The molecule has 0 aliphatic rings. The van der Waals surface area contributed by atoms with Crippen LogP contribution in [0, 0.1) is 3.57 Å². The van der Waals surface area contributed by atoms with Gasteiger partial charge in [-0.05, 0) is 65.4 Å². The van der Waals surface area contributed by atoms with E-state index < -0.39 is 10.0 Å². The van der Waals surface area contributed by atoms with Crippen molar-refractivity contribution < 1.29 is 13.2 Å².